The number of carbonyl (C=O) groups is 1. The first-order valence-electron chi connectivity index (χ1n) is 11.6. The zero-order valence-electron chi connectivity index (χ0n) is 18.5. The number of hydrogen-bond donors (Lipinski definition) is 0. The molecule has 0 radical (unpaired) electrons. The molecule has 2 aliphatic rings. The molecular formula is C26H34N2O3. The van der Waals surface area contributed by atoms with E-state index in [0.29, 0.717) is 36.6 Å². The van der Waals surface area contributed by atoms with Gasteiger partial charge in [0.15, 0.2) is 0 Å². The minimum Gasteiger partial charge on any atom is -0.493 e. The molecule has 2 heterocycles. The number of piperidine rings is 1. The van der Waals surface area contributed by atoms with Crippen molar-refractivity contribution < 1.29 is 14.3 Å². The van der Waals surface area contributed by atoms with E-state index in [0.717, 1.165) is 39.1 Å². The summed E-state index contributed by atoms with van der Waals surface area (Å²) in [5.41, 5.74) is 1.90. The average molecular weight is 423 g/mol. The third-order valence-corrected chi connectivity index (χ3v) is 6.48. The van der Waals surface area contributed by atoms with Gasteiger partial charge in [-0.15, -0.1) is 0 Å². The Morgan fingerprint density at radius 1 is 0.968 bits per heavy atom. The Balaban J connectivity index is 1.28. The summed E-state index contributed by atoms with van der Waals surface area (Å²) in [6.45, 7) is 6.73. The molecule has 1 unspecified atom stereocenters. The second kappa shape index (κ2) is 10.8. The molecule has 5 heteroatoms. The van der Waals surface area contributed by atoms with Gasteiger partial charge in [0.25, 0.3) is 5.91 Å². The maximum absolute atomic E-state index is 13.1. The van der Waals surface area contributed by atoms with Crippen molar-refractivity contribution in [2.24, 2.45) is 0 Å². The largest absolute Gasteiger partial charge is 0.493 e. The van der Waals surface area contributed by atoms with Crippen LogP contribution in [-0.2, 0) is 11.3 Å². The predicted octanol–water partition coefficient (Wildman–Crippen LogP) is 4.37. The first kappa shape index (κ1) is 21.8. The number of ether oxygens (including phenoxy) is 2. The SMILES string of the molecule is CCOc1ccccc1C(=O)N1CCC(N2CCCC2COCc2ccccc2)CC1. The van der Waals surface area contributed by atoms with Gasteiger partial charge < -0.3 is 14.4 Å². The van der Waals surface area contributed by atoms with Crippen molar-refractivity contribution in [2.75, 3.05) is 32.8 Å². The van der Waals surface area contributed by atoms with E-state index in [4.69, 9.17) is 9.47 Å². The number of hydrogen-bond acceptors (Lipinski definition) is 4. The van der Waals surface area contributed by atoms with Crippen molar-refractivity contribution in [3.05, 3.63) is 65.7 Å². The maximum Gasteiger partial charge on any atom is 0.257 e. The molecule has 0 aromatic heterocycles. The van der Waals surface area contributed by atoms with Crippen LogP contribution in [0, 0.1) is 0 Å². The molecular weight excluding hydrogens is 388 g/mol. The highest BCUT2D eigenvalue weighted by Gasteiger charge is 2.34. The molecule has 5 nitrogen and oxygen atoms in total. The van der Waals surface area contributed by atoms with Gasteiger partial charge in [-0.2, -0.15) is 0 Å². The van der Waals surface area contributed by atoms with Gasteiger partial charge in [0.2, 0.25) is 0 Å². The lowest BCUT2D eigenvalue weighted by molar-refractivity contribution is 0.0313. The summed E-state index contributed by atoms with van der Waals surface area (Å²) in [5, 5.41) is 0. The van der Waals surface area contributed by atoms with Gasteiger partial charge in [0, 0.05) is 25.2 Å². The third-order valence-electron chi connectivity index (χ3n) is 6.48. The molecule has 0 N–H and O–H groups in total. The lowest BCUT2D eigenvalue weighted by atomic mass is 10.0. The van der Waals surface area contributed by atoms with Gasteiger partial charge >= 0.3 is 0 Å². The molecule has 2 aliphatic heterocycles. The summed E-state index contributed by atoms with van der Waals surface area (Å²) in [7, 11) is 0. The first-order chi connectivity index (χ1) is 15.3. The fourth-order valence-electron chi connectivity index (χ4n) is 4.90. The van der Waals surface area contributed by atoms with Crippen molar-refractivity contribution in [3.8, 4) is 5.75 Å². The van der Waals surface area contributed by atoms with E-state index >= 15 is 0 Å². The standard InChI is InChI=1S/C26H34N2O3/c1-2-31-25-13-7-6-12-24(25)26(29)27-17-14-22(15-18-27)28-16-8-11-23(28)20-30-19-21-9-4-3-5-10-21/h3-7,9-10,12-13,22-23H,2,8,11,14-20H2,1H3. The van der Waals surface area contributed by atoms with Gasteiger partial charge in [-0.1, -0.05) is 42.5 Å². The van der Waals surface area contributed by atoms with E-state index in [-0.39, 0.29) is 5.91 Å². The lowest BCUT2D eigenvalue weighted by Gasteiger charge is -2.39. The number of para-hydroxylation sites is 1. The zero-order chi connectivity index (χ0) is 21.5. The first-order valence-corrected chi connectivity index (χ1v) is 11.6. The van der Waals surface area contributed by atoms with Gasteiger partial charge in [0.1, 0.15) is 5.75 Å². The van der Waals surface area contributed by atoms with Gasteiger partial charge in [-0.3, -0.25) is 9.69 Å². The van der Waals surface area contributed by atoms with Gasteiger partial charge in [0.05, 0.1) is 25.4 Å². The van der Waals surface area contributed by atoms with Crippen molar-refractivity contribution >= 4 is 5.91 Å². The third kappa shape index (κ3) is 5.46. The summed E-state index contributed by atoms with van der Waals surface area (Å²) < 4.78 is 11.7. The van der Waals surface area contributed by atoms with Crippen LogP contribution in [0.15, 0.2) is 54.6 Å². The molecule has 0 aliphatic carbocycles. The van der Waals surface area contributed by atoms with Crippen LogP contribution >= 0.6 is 0 Å². The van der Waals surface area contributed by atoms with E-state index in [1.54, 1.807) is 0 Å². The average Bonchev–Trinajstić information content (AvgIpc) is 3.29. The normalized spacial score (nSPS) is 20.2. The fraction of sp³-hybridized carbons (Fsp3) is 0.500. The van der Waals surface area contributed by atoms with Crippen LogP contribution in [0.4, 0.5) is 0 Å². The van der Waals surface area contributed by atoms with Crippen LogP contribution in [0.1, 0.15) is 48.5 Å². The maximum atomic E-state index is 13.1. The van der Waals surface area contributed by atoms with Crippen molar-refractivity contribution in [3.63, 3.8) is 0 Å². The van der Waals surface area contributed by atoms with E-state index in [2.05, 4.69) is 29.2 Å². The Bertz CT molecular complexity index is 834. The van der Waals surface area contributed by atoms with Crippen LogP contribution in [0.5, 0.6) is 5.75 Å². The van der Waals surface area contributed by atoms with Crippen molar-refractivity contribution in [2.45, 2.75) is 51.3 Å². The minimum absolute atomic E-state index is 0.0895. The highest BCUT2D eigenvalue weighted by atomic mass is 16.5. The molecule has 1 amide bonds. The Hall–Kier alpha value is -2.37. The predicted molar refractivity (Wildman–Crippen MR) is 122 cm³/mol. The fourth-order valence-corrected chi connectivity index (χ4v) is 4.90. The van der Waals surface area contributed by atoms with Crippen LogP contribution in [0.2, 0.25) is 0 Å². The smallest absolute Gasteiger partial charge is 0.257 e. The summed E-state index contributed by atoms with van der Waals surface area (Å²) in [5.74, 6) is 0.777. The Morgan fingerprint density at radius 3 is 2.48 bits per heavy atom. The number of carbonyl (C=O) groups excluding carboxylic acids is 1. The quantitative estimate of drug-likeness (QED) is 0.634. The summed E-state index contributed by atoms with van der Waals surface area (Å²) in [6, 6.07) is 19.0. The molecule has 0 saturated carbocycles. The zero-order valence-corrected chi connectivity index (χ0v) is 18.5. The highest BCUT2D eigenvalue weighted by Crippen LogP contribution is 2.28. The number of amides is 1. The van der Waals surface area contributed by atoms with E-state index < -0.39 is 0 Å². The Labute approximate surface area is 185 Å². The molecule has 2 saturated heterocycles. The van der Waals surface area contributed by atoms with Crippen LogP contribution in [0.3, 0.4) is 0 Å². The molecule has 4 rings (SSSR count). The number of nitrogens with zero attached hydrogens (tertiary/aromatic N) is 2. The number of likely N-dealkylation sites (tertiary alicyclic amines) is 2. The van der Waals surface area contributed by atoms with Crippen LogP contribution in [-0.4, -0.2) is 60.6 Å². The number of rotatable bonds is 8. The molecule has 2 fully saturated rings. The van der Waals surface area contributed by atoms with Gasteiger partial charge in [-0.25, -0.2) is 0 Å². The molecule has 0 spiro atoms. The number of benzene rings is 2. The molecule has 1 atom stereocenters. The Morgan fingerprint density at radius 2 is 1.71 bits per heavy atom. The van der Waals surface area contributed by atoms with Crippen molar-refractivity contribution in [1.29, 1.82) is 0 Å². The lowest BCUT2D eigenvalue weighted by Crippen LogP contribution is -2.49. The van der Waals surface area contributed by atoms with Crippen LogP contribution in [0.25, 0.3) is 0 Å². The topological polar surface area (TPSA) is 42.0 Å². The molecule has 166 valence electrons. The van der Waals surface area contributed by atoms with Crippen molar-refractivity contribution in [1.82, 2.24) is 9.80 Å². The van der Waals surface area contributed by atoms with Gasteiger partial charge in [-0.05, 0) is 56.8 Å². The summed E-state index contributed by atoms with van der Waals surface area (Å²) >= 11 is 0. The van der Waals surface area contributed by atoms with Crippen LogP contribution < -0.4 is 4.74 Å². The second-order valence-electron chi connectivity index (χ2n) is 8.49. The highest BCUT2D eigenvalue weighted by molar-refractivity contribution is 5.97. The van der Waals surface area contributed by atoms with E-state index in [1.165, 1.54) is 18.4 Å². The molecule has 0 bridgehead atoms. The summed E-state index contributed by atoms with van der Waals surface area (Å²) in [4.78, 5) is 17.7. The molecule has 31 heavy (non-hydrogen) atoms. The van der Waals surface area contributed by atoms with E-state index in [1.807, 2.05) is 42.2 Å². The summed E-state index contributed by atoms with van der Waals surface area (Å²) in [6.07, 6.45) is 4.49. The van der Waals surface area contributed by atoms with E-state index in [9.17, 15) is 4.79 Å². The Kier molecular flexibility index (Phi) is 7.60. The monoisotopic (exact) mass is 422 g/mol. The molecule has 2 aromatic rings. The minimum atomic E-state index is 0.0895. The molecule has 2 aromatic carbocycles. The second-order valence-corrected chi connectivity index (χ2v) is 8.49.